The highest BCUT2D eigenvalue weighted by Crippen LogP contribution is 2.16. The van der Waals surface area contributed by atoms with Crippen LogP contribution in [-0.4, -0.2) is 49.6 Å². The Labute approximate surface area is 117 Å². The lowest BCUT2D eigenvalue weighted by atomic mass is 10.0. The number of nitrogens with zero attached hydrogens (tertiary/aromatic N) is 2. The number of hydrogen-bond acceptors (Lipinski definition) is 3. The van der Waals surface area contributed by atoms with Crippen LogP contribution in [0.1, 0.15) is 24.5 Å². The third-order valence-electron chi connectivity index (χ3n) is 4.21. The van der Waals surface area contributed by atoms with E-state index in [4.69, 9.17) is 0 Å². The highest BCUT2D eigenvalue weighted by molar-refractivity contribution is 5.27. The molecule has 19 heavy (non-hydrogen) atoms. The fraction of sp³-hybridized carbons (Fsp3) is 0.625. The molecule has 1 unspecified atom stereocenters. The summed E-state index contributed by atoms with van der Waals surface area (Å²) in [5.41, 5.74) is 2.90. The summed E-state index contributed by atoms with van der Waals surface area (Å²) in [7, 11) is 4.26. The van der Waals surface area contributed by atoms with E-state index in [1.165, 1.54) is 37.2 Å². The quantitative estimate of drug-likeness (QED) is 0.874. The van der Waals surface area contributed by atoms with Gasteiger partial charge in [0.1, 0.15) is 0 Å². The molecule has 0 aromatic heterocycles. The molecular weight excluding hydrogens is 234 g/mol. The van der Waals surface area contributed by atoms with Crippen LogP contribution in [0.5, 0.6) is 0 Å². The average Bonchev–Trinajstić information content (AvgIpc) is 2.43. The van der Waals surface area contributed by atoms with Gasteiger partial charge in [0.05, 0.1) is 0 Å². The highest BCUT2D eigenvalue weighted by atomic mass is 15.3. The zero-order valence-corrected chi connectivity index (χ0v) is 12.5. The average molecular weight is 261 g/mol. The summed E-state index contributed by atoms with van der Waals surface area (Å²) in [6.07, 6.45) is 1.24. The normalized spacial score (nSPS) is 21.7. The lowest BCUT2D eigenvalue weighted by molar-refractivity contribution is 0.0882. The molecular formula is C16H27N3. The van der Waals surface area contributed by atoms with Crippen molar-refractivity contribution < 1.29 is 0 Å². The van der Waals surface area contributed by atoms with Gasteiger partial charge in [-0.25, -0.2) is 0 Å². The second-order valence-corrected chi connectivity index (χ2v) is 5.58. The largest absolute Gasteiger partial charge is 0.316 e. The van der Waals surface area contributed by atoms with Gasteiger partial charge in [0.2, 0.25) is 0 Å². The number of hydrogen-bond donors (Lipinski definition) is 1. The van der Waals surface area contributed by atoms with Gasteiger partial charge in [-0.1, -0.05) is 31.2 Å². The Balaban J connectivity index is 2.01. The summed E-state index contributed by atoms with van der Waals surface area (Å²) in [6, 6.07) is 9.51. The number of rotatable bonds is 5. The van der Waals surface area contributed by atoms with Crippen molar-refractivity contribution in [2.24, 2.45) is 0 Å². The molecule has 1 heterocycles. The highest BCUT2D eigenvalue weighted by Gasteiger charge is 2.22. The van der Waals surface area contributed by atoms with Crippen LogP contribution < -0.4 is 5.32 Å². The van der Waals surface area contributed by atoms with Crippen molar-refractivity contribution in [3.05, 3.63) is 35.4 Å². The van der Waals surface area contributed by atoms with E-state index in [2.05, 4.69) is 53.4 Å². The number of nitrogens with one attached hydrogen (secondary N) is 1. The second kappa shape index (κ2) is 7.04. The first-order valence-corrected chi connectivity index (χ1v) is 7.38. The van der Waals surface area contributed by atoms with Crippen LogP contribution in [0.4, 0.5) is 0 Å². The van der Waals surface area contributed by atoms with Crippen molar-refractivity contribution in [3.63, 3.8) is 0 Å². The Morgan fingerprint density at radius 2 is 1.95 bits per heavy atom. The smallest absolute Gasteiger partial charge is 0.0238 e. The van der Waals surface area contributed by atoms with E-state index in [1.54, 1.807) is 0 Å². The van der Waals surface area contributed by atoms with Crippen molar-refractivity contribution in [2.75, 3.05) is 33.7 Å². The molecule has 3 nitrogen and oxygen atoms in total. The lowest BCUT2D eigenvalue weighted by Gasteiger charge is -2.39. The van der Waals surface area contributed by atoms with Crippen LogP contribution in [-0.2, 0) is 13.1 Å². The summed E-state index contributed by atoms with van der Waals surface area (Å²) in [4.78, 5) is 5.10. The van der Waals surface area contributed by atoms with Gasteiger partial charge in [-0.2, -0.15) is 0 Å². The van der Waals surface area contributed by atoms with Crippen LogP contribution >= 0.6 is 0 Å². The van der Waals surface area contributed by atoms with Gasteiger partial charge >= 0.3 is 0 Å². The summed E-state index contributed by atoms with van der Waals surface area (Å²) in [5, 5.41) is 3.26. The first kappa shape index (κ1) is 14.5. The van der Waals surface area contributed by atoms with Crippen LogP contribution in [0, 0.1) is 0 Å². The van der Waals surface area contributed by atoms with E-state index in [-0.39, 0.29) is 0 Å². The van der Waals surface area contributed by atoms with Crippen molar-refractivity contribution in [1.82, 2.24) is 15.1 Å². The minimum atomic E-state index is 0.713. The van der Waals surface area contributed by atoms with E-state index in [9.17, 15) is 0 Å². The van der Waals surface area contributed by atoms with Gasteiger partial charge in [-0.3, -0.25) is 4.90 Å². The molecule has 0 radical (unpaired) electrons. The first-order valence-electron chi connectivity index (χ1n) is 7.38. The maximum Gasteiger partial charge on any atom is 0.0238 e. The molecule has 0 saturated carbocycles. The number of likely N-dealkylation sites (N-methyl/N-ethyl adjacent to an activating group) is 1. The van der Waals surface area contributed by atoms with Gasteiger partial charge in [0, 0.05) is 38.8 Å². The molecule has 1 saturated heterocycles. The number of piperazine rings is 1. The molecule has 1 aromatic rings. The molecule has 1 atom stereocenters. The molecule has 1 fully saturated rings. The number of benzene rings is 1. The van der Waals surface area contributed by atoms with E-state index >= 15 is 0 Å². The molecule has 3 heteroatoms. The molecule has 1 aliphatic heterocycles. The van der Waals surface area contributed by atoms with E-state index < -0.39 is 0 Å². The second-order valence-electron chi connectivity index (χ2n) is 5.58. The zero-order chi connectivity index (χ0) is 13.7. The molecule has 1 aromatic carbocycles. The van der Waals surface area contributed by atoms with Crippen molar-refractivity contribution >= 4 is 0 Å². The topological polar surface area (TPSA) is 18.5 Å². The molecule has 0 aliphatic carbocycles. The Morgan fingerprint density at radius 1 is 1.21 bits per heavy atom. The molecule has 1 aliphatic rings. The van der Waals surface area contributed by atoms with Crippen molar-refractivity contribution in [1.29, 1.82) is 0 Å². The molecule has 0 spiro atoms. The van der Waals surface area contributed by atoms with Gasteiger partial charge in [0.15, 0.2) is 0 Å². The molecule has 1 N–H and O–H groups in total. The van der Waals surface area contributed by atoms with Crippen LogP contribution in [0.15, 0.2) is 24.3 Å². The van der Waals surface area contributed by atoms with Crippen molar-refractivity contribution in [2.45, 2.75) is 32.5 Å². The minimum Gasteiger partial charge on any atom is -0.316 e. The van der Waals surface area contributed by atoms with E-state index in [0.29, 0.717) is 6.04 Å². The van der Waals surface area contributed by atoms with Crippen LogP contribution in [0.2, 0.25) is 0 Å². The van der Waals surface area contributed by atoms with E-state index in [1.807, 2.05) is 7.05 Å². The summed E-state index contributed by atoms with van der Waals surface area (Å²) >= 11 is 0. The van der Waals surface area contributed by atoms with E-state index in [0.717, 1.165) is 13.1 Å². The Kier molecular flexibility index (Phi) is 5.37. The Hall–Kier alpha value is -0.900. The monoisotopic (exact) mass is 261 g/mol. The predicted octanol–water partition coefficient (Wildman–Crippen LogP) is 1.93. The van der Waals surface area contributed by atoms with Gasteiger partial charge in [0.25, 0.3) is 0 Å². The molecule has 106 valence electrons. The summed E-state index contributed by atoms with van der Waals surface area (Å²) in [6.45, 7) is 7.90. The lowest BCUT2D eigenvalue weighted by Crippen LogP contribution is -2.50. The van der Waals surface area contributed by atoms with Gasteiger partial charge < -0.3 is 10.2 Å². The molecule has 0 bridgehead atoms. The molecule has 2 rings (SSSR count). The SMILES string of the molecule is CCC1CN(Cc2ccccc2CNC)CCN1C. The standard InChI is InChI=1S/C16H27N3/c1-4-16-13-19(10-9-18(16)3)12-15-8-6-5-7-14(15)11-17-2/h5-8,16-17H,4,9-13H2,1-3H3. The predicted molar refractivity (Wildman–Crippen MR) is 81.2 cm³/mol. The maximum absolute atomic E-state index is 3.26. The zero-order valence-electron chi connectivity index (χ0n) is 12.5. The van der Waals surface area contributed by atoms with Crippen LogP contribution in [0.3, 0.4) is 0 Å². The third-order valence-corrected chi connectivity index (χ3v) is 4.21. The fourth-order valence-electron chi connectivity index (χ4n) is 2.91. The molecule has 0 amide bonds. The fourth-order valence-corrected chi connectivity index (χ4v) is 2.91. The van der Waals surface area contributed by atoms with Crippen LogP contribution in [0.25, 0.3) is 0 Å². The summed E-state index contributed by atoms with van der Waals surface area (Å²) < 4.78 is 0. The minimum absolute atomic E-state index is 0.713. The van der Waals surface area contributed by atoms with Gasteiger partial charge in [-0.15, -0.1) is 0 Å². The maximum atomic E-state index is 3.26. The first-order chi connectivity index (χ1) is 9.24. The van der Waals surface area contributed by atoms with Gasteiger partial charge in [-0.05, 0) is 31.6 Å². The third kappa shape index (κ3) is 3.78. The van der Waals surface area contributed by atoms with Crippen molar-refractivity contribution in [3.8, 4) is 0 Å². The Bertz CT molecular complexity index is 391. The Morgan fingerprint density at radius 3 is 2.63 bits per heavy atom. The summed E-state index contributed by atoms with van der Waals surface area (Å²) in [5.74, 6) is 0.